The summed E-state index contributed by atoms with van der Waals surface area (Å²) < 4.78 is 4.40. The van der Waals surface area contributed by atoms with Crippen molar-refractivity contribution in [2.75, 3.05) is 0 Å². The highest BCUT2D eigenvalue weighted by molar-refractivity contribution is 6.16. The SMILES string of the molecule is [C-]#[N+]c1cccc2c1c1cc(C#N)ccc1n2-c1ccccc1-c1ccccc1-c1ccc(C#N)c(-n2c3ccccc3c3ccccc32)c1. The number of rotatable bonds is 4. The molecule has 0 saturated heterocycles. The molecule has 0 radical (unpaired) electrons. The van der Waals surface area contributed by atoms with Crippen molar-refractivity contribution in [1.82, 2.24) is 9.13 Å². The minimum Gasteiger partial charge on any atom is -0.310 e. The molecule has 0 saturated carbocycles. The average molecular weight is 636 g/mol. The van der Waals surface area contributed by atoms with E-state index in [2.05, 4.69) is 98.9 Å². The fourth-order valence-corrected chi connectivity index (χ4v) is 7.50. The van der Waals surface area contributed by atoms with E-state index in [4.69, 9.17) is 6.57 Å². The van der Waals surface area contributed by atoms with Gasteiger partial charge >= 0.3 is 0 Å². The lowest BCUT2D eigenvalue weighted by atomic mass is 9.92. The van der Waals surface area contributed by atoms with Crippen LogP contribution in [0.1, 0.15) is 11.1 Å². The number of hydrogen-bond acceptors (Lipinski definition) is 2. The van der Waals surface area contributed by atoms with Crippen molar-refractivity contribution >= 4 is 49.3 Å². The van der Waals surface area contributed by atoms with Crippen molar-refractivity contribution in [3.8, 4) is 45.8 Å². The molecule has 0 amide bonds. The van der Waals surface area contributed by atoms with Crippen LogP contribution in [0, 0.1) is 29.2 Å². The molecule has 9 rings (SSSR count). The summed E-state index contributed by atoms with van der Waals surface area (Å²) in [4.78, 5) is 3.86. The van der Waals surface area contributed by atoms with Crippen LogP contribution in [0.5, 0.6) is 0 Å². The number of benzene rings is 7. The number of hydrogen-bond donors (Lipinski definition) is 0. The molecule has 2 aromatic heterocycles. The number of nitriles is 2. The molecule has 5 heteroatoms. The van der Waals surface area contributed by atoms with E-state index in [-0.39, 0.29) is 0 Å². The lowest BCUT2D eigenvalue weighted by Gasteiger charge is -2.18. The Morgan fingerprint density at radius 3 is 1.82 bits per heavy atom. The normalized spacial score (nSPS) is 11.1. The molecular weight excluding hydrogens is 611 g/mol. The Kier molecular flexibility index (Phi) is 6.56. The first-order valence-corrected chi connectivity index (χ1v) is 16.3. The van der Waals surface area contributed by atoms with Crippen molar-refractivity contribution < 1.29 is 0 Å². The number of fused-ring (bicyclic) bond motifs is 6. The predicted octanol–water partition coefficient (Wildman–Crippen LogP) is 11.5. The van der Waals surface area contributed by atoms with Gasteiger partial charge in [-0.15, -0.1) is 0 Å². The third-order valence-corrected chi connectivity index (χ3v) is 9.63. The first-order valence-electron chi connectivity index (χ1n) is 16.3. The summed E-state index contributed by atoms with van der Waals surface area (Å²) in [5.74, 6) is 0. The molecule has 0 atom stereocenters. The van der Waals surface area contributed by atoms with E-state index in [1.54, 1.807) is 0 Å². The van der Waals surface area contributed by atoms with E-state index in [1.807, 2.05) is 78.9 Å². The molecule has 50 heavy (non-hydrogen) atoms. The van der Waals surface area contributed by atoms with Crippen LogP contribution in [0.2, 0.25) is 0 Å². The summed E-state index contributed by atoms with van der Waals surface area (Å²) in [6, 6.07) is 55.6. The van der Waals surface area contributed by atoms with Gasteiger partial charge in [-0.3, -0.25) is 0 Å². The van der Waals surface area contributed by atoms with Gasteiger partial charge in [0.15, 0.2) is 5.69 Å². The first kappa shape index (κ1) is 28.8. The van der Waals surface area contributed by atoms with E-state index < -0.39 is 0 Å². The molecule has 0 N–H and O–H groups in total. The van der Waals surface area contributed by atoms with Crippen LogP contribution < -0.4 is 0 Å². The summed E-state index contributed by atoms with van der Waals surface area (Å²) in [5.41, 5.74) is 11.5. The standard InChI is InChI=1S/C45H25N5/c1-48-38-16-10-20-43-45(38)37-25-29(27-46)21-24-42(37)49(43)39-17-7-4-13-34(39)33-12-3-2-11-32(33)30-22-23-31(28-47)44(26-30)50-40-18-8-5-14-35(40)36-15-6-9-19-41(36)50/h2-26H. The zero-order valence-corrected chi connectivity index (χ0v) is 26.7. The predicted molar refractivity (Wildman–Crippen MR) is 202 cm³/mol. The van der Waals surface area contributed by atoms with Crippen LogP contribution in [0.3, 0.4) is 0 Å². The van der Waals surface area contributed by atoms with Crippen molar-refractivity contribution in [3.05, 3.63) is 174 Å². The molecule has 0 fully saturated rings. The number of aromatic nitrogens is 2. The van der Waals surface area contributed by atoms with E-state index in [9.17, 15) is 10.5 Å². The molecule has 0 aliphatic carbocycles. The van der Waals surface area contributed by atoms with Gasteiger partial charge in [-0.05, 0) is 76.7 Å². The van der Waals surface area contributed by atoms with Crippen LogP contribution in [-0.4, -0.2) is 9.13 Å². The second kappa shape index (κ2) is 11.4. The molecule has 7 aromatic carbocycles. The van der Waals surface area contributed by atoms with Crippen molar-refractivity contribution in [2.45, 2.75) is 0 Å². The third-order valence-electron chi connectivity index (χ3n) is 9.63. The Labute approximate surface area is 288 Å². The van der Waals surface area contributed by atoms with Gasteiger partial charge in [0, 0.05) is 27.2 Å². The second-order valence-electron chi connectivity index (χ2n) is 12.2. The maximum absolute atomic E-state index is 10.3. The van der Waals surface area contributed by atoms with Crippen LogP contribution in [0.25, 0.3) is 82.1 Å². The molecule has 0 bridgehead atoms. The Balaban J connectivity index is 1.30. The van der Waals surface area contributed by atoms with Gasteiger partial charge in [0.2, 0.25) is 0 Å². The largest absolute Gasteiger partial charge is 0.310 e. The van der Waals surface area contributed by atoms with E-state index in [0.29, 0.717) is 16.8 Å². The van der Waals surface area contributed by atoms with Gasteiger partial charge in [-0.25, -0.2) is 4.85 Å². The lowest BCUT2D eigenvalue weighted by Crippen LogP contribution is -2.00. The van der Waals surface area contributed by atoms with Crippen molar-refractivity contribution in [1.29, 1.82) is 10.5 Å². The zero-order chi connectivity index (χ0) is 33.8. The molecule has 0 spiro atoms. The molecular formula is C45H25N5. The smallest absolute Gasteiger partial charge is 0.197 e. The molecule has 2 heterocycles. The highest BCUT2D eigenvalue weighted by atomic mass is 15.0. The molecule has 5 nitrogen and oxygen atoms in total. The minimum absolute atomic E-state index is 0.550. The molecule has 9 aromatic rings. The Hall–Kier alpha value is -7.39. The summed E-state index contributed by atoms with van der Waals surface area (Å²) in [6.45, 7) is 7.93. The highest BCUT2D eigenvalue weighted by Crippen LogP contribution is 2.43. The topological polar surface area (TPSA) is 61.8 Å². The third kappa shape index (κ3) is 4.24. The van der Waals surface area contributed by atoms with E-state index >= 15 is 0 Å². The van der Waals surface area contributed by atoms with Gasteiger partial charge < -0.3 is 9.13 Å². The van der Waals surface area contributed by atoms with Gasteiger partial charge in [0.1, 0.15) is 6.07 Å². The van der Waals surface area contributed by atoms with E-state index in [0.717, 1.165) is 77.2 Å². The molecule has 0 unspecified atom stereocenters. The fourth-order valence-electron chi connectivity index (χ4n) is 7.50. The Morgan fingerprint density at radius 2 is 1.10 bits per heavy atom. The minimum atomic E-state index is 0.550. The molecule has 0 aliphatic heterocycles. The summed E-state index contributed by atoms with van der Waals surface area (Å²) in [6.07, 6.45) is 0. The fraction of sp³-hybridized carbons (Fsp3) is 0. The first-order chi connectivity index (χ1) is 24.7. The quantitative estimate of drug-likeness (QED) is 0.181. The maximum atomic E-state index is 10.3. The van der Waals surface area contributed by atoms with Crippen molar-refractivity contribution in [2.24, 2.45) is 0 Å². The van der Waals surface area contributed by atoms with Crippen LogP contribution >= 0.6 is 0 Å². The lowest BCUT2D eigenvalue weighted by molar-refractivity contribution is 1.17. The van der Waals surface area contributed by atoms with Gasteiger partial charge in [-0.2, -0.15) is 10.5 Å². The number of para-hydroxylation sites is 3. The van der Waals surface area contributed by atoms with Crippen LogP contribution in [0.4, 0.5) is 5.69 Å². The van der Waals surface area contributed by atoms with Crippen molar-refractivity contribution in [3.63, 3.8) is 0 Å². The molecule has 230 valence electrons. The Morgan fingerprint density at radius 1 is 0.480 bits per heavy atom. The summed E-state index contributed by atoms with van der Waals surface area (Å²) in [7, 11) is 0. The molecule has 0 aliphatic rings. The van der Waals surface area contributed by atoms with E-state index in [1.165, 1.54) is 0 Å². The zero-order valence-electron chi connectivity index (χ0n) is 26.7. The van der Waals surface area contributed by atoms with Crippen LogP contribution in [0.15, 0.2) is 152 Å². The second-order valence-corrected chi connectivity index (χ2v) is 12.2. The Bertz CT molecular complexity index is 2920. The number of nitrogens with zero attached hydrogens (tertiary/aromatic N) is 5. The highest BCUT2D eigenvalue weighted by Gasteiger charge is 2.21. The van der Waals surface area contributed by atoms with Gasteiger partial charge in [0.05, 0.1) is 51.7 Å². The van der Waals surface area contributed by atoms with Crippen LogP contribution in [-0.2, 0) is 0 Å². The monoisotopic (exact) mass is 635 g/mol. The van der Waals surface area contributed by atoms with Gasteiger partial charge in [-0.1, -0.05) is 97.1 Å². The average Bonchev–Trinajstić information content (AvgIpc) is 3.70. The van der Waals surface area contributed by atoms with Gasteiger partial charge in [0.25, 0.3) is 0 Å². The maximum Gasteiger partial charge on any atom is 0.197 e. The summed E-state index contributed by atoms with van der Waals surface area (Å²) >= 11 is 0. The summed E-state index contributed by atoms with van der Waals surface area (Å²) in [5, 5.41) is 24.1.